The average Bonchev–Trinajstić information content (AvgIpc) is 3.20. The number of carbonyl (C=O) groups excluding carboxylic acids is 1. The van der Waals surface area contributed by atoms with Crippen LogP contribution >= 0.6 is 0 Å². The van der Waals surface area contributed by atoms with E-state index in [2.05, 4.69) is 5.32 Å². The fourth-order valence-electron chi connectivity index (χ4n) is 3.51. The second-order valence-corrected chi connectivity index (χ2v) is 8.97. The van der Waals surface area contributed by atoms with Crippen molar-refractivity contribution < 1.29 is 17.9 Å². The van der Waals surface area contributed by atoms with Gasteiger partial charge in [0.2, 0.25) is 15.9 Å². The maximum Gasteiger partial charge on any atom is 0.249 e. The lowest BCUT2D eigenvalue weighted by Crippen LogP contribution is -2.53. The lowest BCUT2D eigenvalue weighted by atomic mass is 10.1. The molecule has 27 heavy (non-hydrogen) atoms. The molecule has 0 bridgehead atoms. The number of methoxy groups -OCH3 is 1. The summed E-state index contributed by atoms with van der Waals surface area (Å²) >= 11 is 0. The van der Waals surface area contributed by atoms with Gasteiger partial charge in [0.05, 0.1) is 12.8 Å². The molecule has 0 radical (unpaired) electrons. The molecule has 1 saturated carbocycles. The highest BCUT2D eigenvalue weighted by atomic mass is 32.2. The van der Waals surface area contributed by atoms with E-state index in [1.807, 2.05) is 6.07 Å². The van der Waals surface area contributed by atoms with Gasteiger partial charge < -0.3 is 10.1 Å². The monoisotopic (exact) mass is 388 g/mol. The highest BCUT2D eigenvalue weighted by Crippen LogP contribution is 2.40. The van der Waals surface area contributed by atoms with Gasteiger partial charge in [-0.15, -0.1) is 0 Å². The zero-order valence-electron chi connectivity index (χ0n) is 15.5. The second kappa shape index (κ2) is 7.60. The summed E-state index contributed by atoms with van der Waals surface area (Å²) < 4.78 is 31.7. The number of hydrogen-bond donors (Lipinski definition) is 1. The van der Waals surface area contributed by atoms with Gasteiger partial charge in [-0.25, -0.2) is 8.42 Å². The number of sulfonamides is 1. The number of hydrogen-bond acceptors (Lipinski definition) is 4. The van der Waals surface area contributed by atoms with E-state index in [1.54, 1.807) is 55.6 Å². The van der Waals surface area contributed by atoms with Crippen molar-refractivity contribution in [3.63, 3.8) is 0 Å². The summed E-state index contributed by atoms with van der Waals surface area (Å²) in [6.45, 7) is 0. The third-order valence-electron chi connectivity index (χ3n) is 5.15. The summed E-state index contributed by atoms with van der Waals surface area (Å²) in [6, 6.07) is 15.7. The minimum absolute atomic E-state index is 0.314. The van der Waals surface area contributed by atoms with Crippen molar-refractivity contribution in [2.45, 2.75) is 30.4 Å². The topological polar surface area (TPSA) is 75.7 Å². The molecule has 1 aliphatic rings. The first-order valence-corrected chi connectivity index (χ1v) is 10.3. The molecule has 144 valence electrons. The van der Waals surface area contributed by atoms with Gasteiger partial charge in [-0.05, 0) is 49.2 Å². The SMILES string of the molecule is COc1ccc(NC(=O)C2(S(=O)(=O)N(C)c3ccccc3)CCCC2)cc1. The minimum atomic E-state index is -3.89. The molecule has 2 aromatic rings. The normalized spacial score (nSPS) is 15.9. The molecule has 1 fully saturated rings. The first kappa shape index (κ1) is 19.2. The van der Waals surface area contributed by atoms with Crippen LogP contribution in [0.4, 0.5) is 11.4 Å². The predicted octanol–water partition coefficient (Wildman–Crippen LogP) is 3.41. The van der Waals surface area contributed by atoms with Crippen LogP contribution in [0.3, 0.4) is 0 Å². The van der Waals surface area contributed by atoms with Gasteiger partial charge in [0.25, 0.3) is 0 Å². The standard InChI is InChI=1S/C20H24N2O4S/c1-22(17-8-4-3-5-9-17)27(24,25)20(14-6-7-15-20)19(23)21-16-10-12-18(26-2)13-11-16/h3-5,8-13H,6-7,14-15H2,1-2H3,(H,21,23). The molecule has 3 rings (SSSR count). The van der Waals surface area contributed by atoms with Crippen LogP contribution in [-0.2, 0) is 14.8 Å². The number of anilines is 2. The highest BCUT2D eigenvalue weighted by molar-refractivity contribution is 7.95. The van der Waals surface area contributed by atoms with E-state index in [9.17, 15) is 13.2 Å². The first-order valence-electron chi connectivity index (χ1n) is 8.90. The lowest BCUT2D eigenvalue weighted by Gasteiger charge is -2.33. The molecule has 0 aliphatic heterocycles. The Hall–Kier alpha value is -2.54. The molecule has 2 aromatic carbocycles. The Morgan fingerprint density at radius 3 is 2.19 bits per heavy atom. The number of amides is 1. The van der Waals surface area contributed by atoms with Gasteiger partial charge in [-0.1, -0.05) is 31.0 Å². The van der Waals surface area contributed by atoms with Gasteiger partial charge in [0.15, 0.2) is 4.75 Å². The van der Waals surface area contributed by atoms with Gasteiger partial charge in [-0.3, -0.25) is 9.10 Å². The Balaban J connectivity index is 1.91. The zero-order chi connectivity index (χ0) is 19.5. The smallest absolute Gasteiger partial charge is 0.249 e. The van der Waals surface area contributed by atoms with Crippen molar-refractivity contribution in [2.24, 2.45) is 0 Å². The molecule has 0 saturated heterocycles. The third-order valence-corrected chi connectivity index (χ3v) is 7.66. The van der Waals surface area contributed by atoms with E-state index >= 15 is 0 Å². The maximum atomic E-state index is 13.4. The van der Waals surface area contributed by atoms with Crippen LogP contribution in [0.15, 0.2) is 54.6 Å². The predicted molar refractivity (Wildman–Crippen MR) is 107 cm³/mol. The van der Waals surface area contributed by atoms with Gasteiger partial charge in [-0.2, -0.15) is 0 Å². The third kappa shape index (κ3) is 3.51. The fraction of sp³-hybridized carbons (Fsp3) is 0.350. The average molecular weight is 388 g/mol. The van der Waals surface area contributed by atoms with Crippen LogP contribution in [0.25, 0.3) is 0 Å². The molecule has 1 amide bonds. The number of nitrogens with one attached hydrogen (secondary N) is 1. The maximum absolute atomic E-state index is 13.4. The number of nitrogens with zero attached hydrogens (tertiary/aromatic N) is 1. The fourth-order valence-corrected chi connectivity index (χ4v) is 5.52. The summed E-state index contributed by atoms with van der Waals surface area (Å²) in [7, 11) is -0.821. The number of carbonyl (C=O) groups is 1. The molecular formula is C20H24N2O4S. The largest absolute Gasteiger partial charge is 0.497 e. The summed E-state index contributed by atoms with van der Waals surface area (Å²) in [5.74, 6) is 0.188. The molecule has 1 aliphatic carbocycles. The van der Waals surface area contributed by atoms with Crippen LogP contribution in [0.1, 0.15) is 25.7 Å². The van der Waals surface area contributed by atoms with Crippen LogP contribution in [0, 0.1) is 0 Å². The van der Waals surface area contributed by atoms with Gasteiger partial charge >= 0.3 is 0 Å². The molecule has 6 nitrogen and oxygen atoms in total. The summed E-state index contributed by atoms with van der Waals surface area (Å²) in [5, 5.41) is 2.79. The van der Waals surface area contributed by atoms with Gasteiger partial charge in [0, 0.05) is 12.7 Å². The number of ether oxygens (including phenoxy) is 1. The van der Waals surface area contributed by atoms with Crippen LogP contribution < -0.4 is 14.4 Å². The highest BCUT2D eigenvalue weighted by Gasteiger charge is 2.54. The Labute approximate surface area is 160 Å². The van der Waals surface area contributed by atoms with Crippen molar-refractivity contribution >= 4 is 27.3 Å². The van der Waals surface area contributed by atoms with E-state index in [-0.39, 0.29) is 0 Å². The van der Waals surface area contributed by atoms with E-state index < -0.39 is 20.7 Å². The molecule has 0 heterocycles. The van der Waals surface area contributed by atoms with Crippen LogP contribution in [0.5, 0.6) is 5.75 Å². The molecule has 0 aromatic heterocycles. The molecule has 7 heteroatoms. The summed E-state index contributed by atoms with van der Waals surface area (Å²) in [6.07, 6.45) is 2.04. The van der Waals surface area contributed by atoms with Crippen LogP contribution in [-0.4, -0.2) is 33.2 Å². The van der Waals surface area contributed by atoms with E-state index in [0.717, 1.165) is 0 Å². The van der Waals surface area contributed by atoms with Crippen molar-refractivity contribution in [3.8, 4) is 5.75 Å². The van der Waals surface area contributed by atoms with E-state index in [1.165, 1.54) is 11.4 Å². The molecule has 0 spiro atoms. The Bertz CT molecular complexity index is 889. The summed E-state index contributed by atoms with van der Waals surface area (Å²) in [5.41, 5.74) is 1.09. The zero-order valence-corrected chi connectivity index (χ0v) is 16.3. The van der Waals surface area contributed by atoms with Crippen LogP contribution in [0.2, 0.25) is 0 Å². The Morgan fingerprint density at radius 2 is 1.63 bits per heavy atom. The molecular weight excluding hydrogens is 364 g/mol. The van der Waals surface area contributed by atoms with E-state index in [0.29, 0.717) is 42.8 Å². The number of benzene rings is 2. The van der Waals surface area contributed by atoms with Crippen molar-refractivity contribution in [1.82, 2.24) is 0 Å². The number of para-hydroxylation sites is 1. The van der Waals surface area contributed by atoms with Crippen molar-refractivity contribution in [2.75, 3.05) is 23.8 Å². The number of rotatable bonds is 6. The van der Waals surface area contributed by atoms with Crippen molar-refractivity contribution in [1.29, 1.82) is 0 Å². The van der Waals surface area contributed by atoms with Crippen molar-refractivity contribution in [3.05, 3.63) is 54.6 Å². The first-order chi connectivity index (χ1) is 12.9. The second-order valence-electron chi connectivity index (χ2n) is 6.69. The van der Waals surface area contributed by atoms with Gasteiger partial charge in [0.1, 0.15) is 5.75 Å². The Kier molecular flexibility index (Phi) is 5.41. The molecule has 1 N–H and O–H groups in total. The minimum Gasteiger partial charge on any atom is -0.497 e. The molecule has 0 unspecified atom stereocenters. The quantitative estimate of drug-likeness (QED) is 0.823. The summed E-state index contributed by atoms with van der Waals surface area (Å²) in [4.78, 5) is 13.1. The molecule has 0 atom stereocenters. The van der Waals surface area contributed by atoms with E-state index in [4.69, 9.17) is 4.74 Å². The Morgan fingerprint density at radius 1 is 1.04 bits per heavy atom. The lowest BCUT2D eigenvalue weighted by molar-refractivity contribution is -0.118.